The number of aromatic nitrogens is 2. The number of hydrogen-bond donors (Lipinski definition) is 3. The third-order valence-electron chi connectivity index (χ3n) is 2.78. The van der Waals surface area contributed by atoms with Gasteiger partial charge in [0, 0.05) is 6.07 Å². The standard InChI is InChI=1S/C13H13N5O5/c1-8(7-17-5-4-12(16-17)18(22)23)14-15-13(21)10-3-2-9(19)6-11(10)20/h2-6,19-20H,7H2,1H3,(H,15,21)/b14-8+. The van der Waals surface area contributed by atoms with Gasteiger partial charge in [0.2, 0.25) is 0 Å². The quantitative estimate of drug-likeness (QED) is 0.426. The topological polar surface area (TPSA) is 143 Å². The van der Waals surface area contributed by atoms with Gasteiger partial charge in [-0.25, -0.2) is 5.43 Å². The first-order valence-electron chi connectivity index (χ1n) is 6.40. The van der Waals surface area contributed by atoms with Crippen molar-refractivity contribution in [1.82, 2.24) is 15.2 Å². The average molecular weight is 319 g/mol. The van der Waals surface area contributed by atoms with Gasteiger partial charge in [0.05, 0.1) is 28.6 Å². The van der Waals surface area contributed by atoms with Crippen LogP contribution < -0.4 is 5.43 Å². The molecule has 1 heterocycles. The highest BCUT2D eigenvalue weighted by molar-refractivity contribution is 5.97. The number of benzene rings is 1. The van der Waals surface area contributed by atoms with Crippen molar-refractivity contribution < 1.29 is 19.9 Å². The van der Waals surface area contributed by atoms with Gasteiger partial charge in [0.25, 0.3) is 5.91 Å². The smallest absolute Gasteiger partial charge is 0.389 e. The minimum atomic E-state index is -0.659. The van der Waals surface area contributed by atoms with Gasteiger partial charge in [-0.15, -0.1) is 0 Å². The fourth-order valence-corrected chi connectivity index (χ4v) is 1.72. The average Bonchev–Trinajstić information content (AvgIpc) is 2.93. The van der Waals surface area contributed by atoms with E-state index >= 15 is 0 Å². The first-order chi connectivity index (χ1) is 10.9. The number of aromatic hydroxyl groups is 2. The summed E-state index contributed by atoms with van der Waals surface area (Å²) in [4.78, 5) is 21.8. The van der Waals surface area contributed by atoms with E-state index in [9.17, 15) is 20.0 Å². The number of nitrogens with zero attached hydrogens (tertiary/aromatic N) is 4. The summed E-state index contributed by atoms with van der Waals surface area (Å²) in [6.45, 7) is 1.75. The summed E-state index contributed by atoms with van der Waals surface area (Å²) in [6.07, 6.45) is 1.42. The maximum Gasteiger partial charge on any atom is 0.389 e. The Morgan fingerprint density at radius 2 is 2.17 bits per heavy atom. The lowest BCUT2D eigenvalue weighted by Crippen LogP contribution is -2.20. The number of rotatable bonds is 5. The van der Waals surface area contributed by atoms with Crippen molar-refractivity contribution in [1.29, 1.82) is 0 Å². The van der Waals surface area contributed by atoms with E-state index < -0.39 is 10.8 Å². The molecule has 10 nitrogen and oxygen atoms in total. The third kappa shape index (κ3) is 4.03. The molecule has 0 atom stereocenters. The molecule has 0 radical (unpaired) electrons. The van der Waals surface area contributed by atoms with E-state index in [1.165, 1.54) is 29.1 Å². The van der Waals surface area contributed by atoms with E-state index in [1.54, 1.807) is 6.92 Å². The molecular weight excluding hydrogens is 306 g/mol. The molecule has 0 bridgehead atoms. The summed E-state index contributed by atoms with van der Waals surface area (Å²) in [6, 6.07) is 4.80. The molecule has 120 valence electrons. The Kier molecular flexibility index (Phi) is 4.55. The summed E-state index contributed by atoms with van der Waals surface area (Å²) < 4.78 is 1.31. The van der Waals surface area contributed by atoms with Crippen LogP contribution in [-0.4, -0.2) is 36.5 Å². The molecule has 0 unspecified atom stereocenters. The van der Waals surface area contributed by atoms with Gasteiger partial charge in [0.1, 0.15) is 18.0 Å². The number of carbonyl (C=O) groups excluding carboxylic acids is 1. The van der Waals surface area contributed by atoms with Crippen molar-refractivity contribution in [2.45, 2.75) is 13.5 Å². The second-order valence-electron chi connectivity index (χ2n) is 4.62. The monoisotopic (exact) mass is 319 g/mol. The van der Waals surface area contributed by atoms with Crippen molar-refractivity contribution in [3.8, 4) is 11.5 Å². The molecule has 0 aliphatic rings. The number of phenolic OH excluding ortho intramolecular Hbond substituents is 2. The lowest BCUT2D eigenvalue weighted by molar-refractivity contribution is -0.389. The minimum absolute atomic E-state index is 0.0472. The molecule has 23 heavy (non-hydrogen) atoms. The van der Waals surface area contributed by atoms with E-state index in [1.807, 2.05) is 0 Å². The van der Waals surface area contributed by atoms with E-state index in [-0.39, 0.29) is 29.4 Å². The highest BCUT2D eigenvalue weighted by Crippen LogP contribution is 2.22. The molecule has 2 rings (SSSR count). The molecule has 1 amide bonds. The van der Waals surface area contributed by atoms with Crippen LogP contribution in [0, 0.1) is 10.1 Å². The molecule has 0 saturated heterocycles. The number of hydrazone groups is 1. The molecule has 0 aliphatic carbocycles. The van der Waals surface area contributed by atoms with Crippen LogP contribution in [0.5, 0.6) is 11.5 Å². The first-order valence-corrected chi connectivity index (χ1v) is 6.40. The zero-order chi connectivity index (χ0) is 17.0. The van der Waals surface area contributed by atoms with Crippen LogP contribution in [0.4, 0.5) is 5.82 Å². The van der Waals surface area contributed by atoms with Crippen LogP contribution in [0.3, 0.4) is 0 Å². The van der Waals surface area contributed by atoms with Gasteiger partial charge in [-0.2, -0.15) is 9.78 Å². The summed E-state index contributed by atoms with van der Waals surface area (Å²) in [5, 5.41) is 36.8. The van der Waals surface area contributed by atoms with E-state index in [0.29, 0.717) is 5.71 Å². The molecule has 0 fully saturated rings. The zero-order valence-electron chi connectivity index (χ0n) is 12.0. The highest BCUT2D eigenvalue weighted by atomic mass is 16.6. The number of nitrogens with one attached hydrogen (secondary N) is 1. The minimum Gasteiger partial charge on any atom is -0.508 e. The summed E-state index contributed by atoms with van der Waals surface area (Å²) in [5.74, 6) is -1.48. The summed E-state index contributed by atoms with van der Waals surface area (Å²) in [5.41, 5.74) is 2.63. The van der Waals surface area contributed by atoms with Gasteiger partial charge in [-0.05, 0) is 24.0 Å². The van der Waals surface area contributed by atoms with E-state index in [2.05, 4.69) is 15.6 Å². The van der Waals surface area contributed by atoms with Crippen LogP contribution in [0.15, 0.2) is 35.6 Å². The van der Waals surface area contributed by atoms with Crippen molar-refractivity contribution >= 4 is 17.4 Å². The molecule has 10 heteroatoms. The Morgan fingerprint density at radius 3 is 2.78 bits per heavy atom. The number of nitro groups is 1. The van der Waals surface area contributed by atoms with Crippen LogP contribution in [0.1, 0.15) is 17.3 Å². The Balaban J connectivity index is 2.00. The maximum atomic E-state index is 11.9. The van der Waals surface area contributed by atoms with Gasteiger partial charge < -0.3 is 20.3 Å². The van der Waals surface area contributed by atoms with Crippen LogP contribution in [0.2, 0.25) is 0 Å². The Morgan fingerprint density at radius 1 is 1.43 bits per heavy atom. The number of amides is 1. The lowest BCUT2D eigenvalue weighted by atomic mass is 10.2. The normalized spacial score (nSPS) is 11.3. The van der Waals surface area contributed by atoms with Crippen LogP contribution >= 0.6 is 0 Å². The summed E-state index contributed by atoms with van der Waals surface area (Å²) in [7, 11) is 0. The summed E-state index contributed by atoms with van der Waals surface area (Å²) >= 11 is 0. The van der Waals surface area contributed by atoms with E-state index in [4.69, 9.17) is 5.11 Å². The molecule has 2 aromatic rings. The lowest BCUT2D eigenvalue weighted by Gasteiger charge is -2.04. The second-order valence-corrected chi connectivity index (χ2v) is 4.62. The van der Waals surface area contributed by atoms with Gasteiger partial charge in [0.15, 0.2) is 0 Å². The largest absolute Gasteiger partial charge is 0.508 e. The number of carbonyl (C=O) groups is 1. The Hall–Kier alpha value is -3.43. The van der Waals surface area contributed by atoms with Gasteiger partial charge in [-0.3, -0.25) is 4.79 Å². The van der Waals surface area contributed by atoms with Crippen molar-refractivity contribution in [2.75, 3.05) is 0 Å². The molecular formula is C13H13N5O5. The van der Waals surface area contributed by atoms with Crippen molar-refractivity contribution in [2.24, 2.45) is 5.10 Å². The molecule has 3 N–H and O–H groups in total. The molecule has 0 saturated carbocycles. The van der Waals surface area contributed by atoms with Gasteiger partial charge >= 0.3 is 5.82 Å². The van der Waals surface area contributed by atoms with Crippen molar-refractivity contribution in [3.63, 3.8) is 0 Å². The van der Waals surface area contributed by atoms with Crippen molar-refractivity contribution in [3.05, 3.63) is 46.1 Å². The fraction of sp³-hybridized carbons (Fsp3) is 0.154. The zero-order valence-corrected chi connectivity index (χ0v) is 12.0. The molecule has 1 aromatic heterocycles. The third-order valence-corrected chi connectivity index (χ3v) is 2.78. The molecule has 0 spiro atoms. The van der Waals surface area contributed by atoms with E-state index in [0.717, 1.165) is 6.07 Å². The van der Waals surface area contributed by atoms with Crippen LogP contribution in [-0.2, 0) is 6.54 Å². The second kappa shape index (κ2) is 6.56. The van der Waals surface area contributed by atoms with Crippen LogP contribution in [0.25, 0.3) is 0 Å². The Bertz CT molecular complexity index is 783. The molecule has 0 aliphatic heterocycles. The SMILES string of the molecule is C/C(Cn1ccc([N+](=O)[O-])n1)=N\NC(=O)c1ccc(O)cc1O. The predicted octanol–water partition coefficient (Wildman–Crippen LogP) is 1.01. The maximum absolute atomic E-state index is 11.9. The number of hydrogen-bond acceptors (Lipinski definition) is 7. The first kappa shape index (κ1) is 15.9. The molecule has 1 aromatic carbocycles. The predicted molar refractivity (Wildman–Crippen MR) is 79.2 cm³/mol. The highest BCUT2D eigenvalue weighted by Gasteiger charge is 2.13. The fourth-order valence-electron chi connectivity index (χ4n) is 1.72. The number of phenols is 2. The Labute approximate surface area is 129 Å². The van der Waals surface area contributed by atoms with Gasteiger partial charge in [-0.1, -0.05) is 0 Å².